The quantitative estimate of drug-likeness (QED) is 0.670. The molecule has 0 saturated carbocycles. The van der Waals surface area contributed by atoms with Crippen LogP contribution >= 0.6 is 23.2 Å². The summed E-state index contributed by atoms with van der Waals surface area (Å²) in [5, 5.41) is 0.825. The summed E-state index contributed by atoms with van der Waals surface area (Å²) < 4.78 is 5.19. The molecule has 0 saturated heterocycles. The van der Waals surface area contributed by atoms with Crippen molar-refractivity contribution in [1.29, 1.82) is 0 Å². The molecule has 0 bridgehead atoms. The van der Waals surface area contributed by atoms with Gasteiger partial charge in [0.05, 0.1) is 5.02 Å². The molecule has 1 nitrogen and oxygen atoms in total. The molecule has 1 rings (SSSR count). The second-order valence-electron chi connectivity index (χ2n) is 2.79. The normalized spacial score (nSPS) is 10.6. The molecule has 3 heteroatoms. The fraction of sp³-hybridized carbons (Fsp3) is 0.556. The Balaban J connectivity index is 2.42. The van der Waals surface area contributed by atoms with Crippen LogP contribution in [-0.4, -0.2) is 0 Å². The van der Waals surface area contributed by atoms with E-state index in [0.29, 0.717) is 10.2 Å². The van der Waals surface area contributed by atoms with E-state index < -0.39 is 0 Å². The summed E-state index contributed by atoms with van der Waals surface area (Å²) >= 11 is 11.4. The van der Waals surface area contributed by atoms with E-state index in [1.54, 1.807) is 6.07 Å². The van der Waals surface area contributed by atoms with Gasteiger partial charge in [-0.05, 0) is 24.1 Å². The van der Waals surface area contributed by atoms with Crippen LogP contribution in [0.5, 0.6) is 0 Å². The van der Waals surface area contributed by atoms with Gasteiger partial charge < -0.3 is 4.42 Å². The highest BCUT2D eigenvalue weighted by molar-refractivity contribution is 6.40. The first-order valence-electron chi connectivity index (χ1n) is 4.17. The zero-order chi connectivity index (χ0) is 8.97. The minimum Gasteiger partial charge on any atom is -0.448 e. The monoisotopic (exact) mass is 206 g/mol. The van der Waals surface area contributed by atoms with Crippen LogP contribution < -0.4 is 0 Å². The zero-order valence-corrected chi connectivity index (χ0v) is 8.58. The van der Waals surface area contributed by atoms with Gasteiger partial charge in [-0.3, -0.25) is 0 Å². The number of furan rings is 1. The third-order valence-electron chi connectivity index (χ3n) is 1.72. The van der Waals surface area contributed by atoms with Crippen LogP contribution in [0.2, 0.25) is 10.2 Å². The van der Waals surface area contributed by atoms with Gasteiger partial charge in [0.25, 0.3) is 0 Å². The van der Waals surface area contributed by atoms with Crippen molar-refractivity contribution in [3.63, 3.8) is 0 Å². The van der Waals surface area contributed by atoms with Crippen LogP contribution in [0.4, 0.5) is 0 Å². The molecule has 0 fully saturated rings. The molecule has 0 aliphatic rings. The first-order chi connectivity index (χ1) is 5.74. The maximum atomic E-state index is 5.72. The third-order valence-corrected chi connectivity index (χ3v) is 2.38. The Labute approximate surface area is 82.7 Å². The van der Waals surface area contributed by atoms with Gasteiger partial charge in [-0.25, -0.2) is 0 Å². The van der Waals surface area contributed by atoms with Crippen molar-refractivity contribution in [3.05, 3.63) is 22.1 Å². The number of hydrogen-bond donors (Lipinski definition) is 0. The van der Waals surface area contributed by atoms with Gasteiger partial charge in [0, 0.05) is 6.42 Å². The highest BCUT2D eigenvalue weighted by atomic mass is 35.5. The molecule has 68 valence electrons. The first-order valence-corrected chi connectivity index (χ1v) is 4.93. The second kappa shape index (κ2) is 4.78. The van der Waals surface area contributed by atoms with E-state index in [1.165, 1.54) is 12.8 Å². The molecule has 0 spiro atoms. The van der Waals surface area contributed by atoms with Crippen LogP contribution in [0.15, 0.2) is 10.5 Å². The molecule has 1 aromatic heterocycles. The fourth-order valence-corrected chi connectivity index (χ4v) is 1.38. The lowest BCUT2D eigenvalue weighted by atomic mass is 10.2. The Morgan fingerprint density at radius 3 is 2.58 bits per heavy atom. The second-order valence-corrected chi connectivity index (χ2v) is 3.54. The molecule has 0 radical (unpaired) electrons. The van der Waals surface area contributed by atoms with E-state index in [9.17, 15) is 0 Å². The lowest BCUT2D eigenvalue weighted by Gasteiger charge is -1.93. The molecule has 12 heavy (non-hydrogen) atoms. The predicted octanol–water partition coefficient (Wildman–Crippen LogP) is 4.32. The third kappa shape index (κ3) is 2.72. The summed E-state index contributed by atoms with van der Waals surface area (Å²) in [6, 6.07) is 1.79. The van der Waals surface area contributed by atoms with Crippen LogP contribution in [0.25, 0.3) is 0 Å². The largest absolute Gasteiger partial charge is 0.448 e. The number of unbranched alkanes of at least 4 members (excludes halogenated alkanes) is 2. The van der Waals surface area contributed by atoms with Crippen molar-refractivity contribution in [2.24, 2.45) is 0 Å². The first kappa shape index (κ1) is 9.94. The van der Waals surface area contributed by atoms with E-state index in [1.807, 2.05) is 0 Å². The molecule has 0 aromatic carbocycles. The maximum absolute atomic E-state index is 5.72. The lowest BCUT2D eigenvalue weighted by Crippen LogP contribution is -1.80. The SMILES string of the molecule is CCCCCc1cc(Cl)c(Cl)o1. The van der Waals surface area contributed by atoms with Crippen molar-refractivity contribution in [2.75, 3.05) is 0 Å². The van der Waals surface area contributed by atoms with Crippen molar-refractivity contribution in [3.8, 4) is 0 Å². The summed E-state index contributed by atoms with van der Waals surface area (Å²) in [5.41, 5.74) is 0. The predicted molar refractivity (Wildman–Crippen MR) is 52.0 cm³/mol. The van der Waals surface area contributed by atoms with E-state index >= 15 is 0 Å². The Hall–Kier alpha value is -0.140. The standard InChI is InChI=1S/C9H12Cl2O/c1-2-3-4-5-7-6-8(10)9(11)12-7/h6H,2-5H2,1H3. The molecule has 0 aliphatic carbocycles. The molecule has 0 aliphatic heterocycles. The fourth-order valence-electron chi connectivity index (χ4n) is 1.06. The van der Waals surface area contributed by atoms with Crippen molar-refractivity contribution in [2.45, 2.75) is 32.6 Å². The molecule has 0 amide bonds. The van der Waals surface area contributed by atoms with Gasteiger partial charge in [0.15, 0.2) is 0 Å². The topological polar surface area (TPSA) is 13.1 Å². The zero-order valence-electron chi connectivity index (χ0n) is 7.07. The van der Waals surface area contributed by atoms with Gasteiger partial charge in [-0.1, -0.05) is 31.4 Å². The summed E-state index contributed by atoms with van der Waals surface area (Å²) in [4.78, 5) is 0. The van der Waals surface area contributed by atoms with Crippen molar-refractivity contribution < 1.29 is 4.42 Å². The van der Waals surface area contributed by atoms with Crippen LogP contribution in [0.1, 0.15) is 31.9 Å². The summed E-state index contributed by atoms with van der Waals surface area (Å²) in [6.45, 7) is 2.17. The Bertz CT molecular complexity index is 223. The highest BCUT2D eigenvalue weighted by Crippen LogP contribution is 2.26. The van der Waals surface area contributed by atoms with Gasteiger partial charge in [0.2, 0.25) is 5.22 Å². The highest BCUT2D eigenvalue weighted by Gasteiger charge is 2.05. The number of aryl methyl sites for hydroxylation is 1. The Morgan fingerprint density at radius 2 is 2.08 bits per heavy atom. The molecular formula is C9H12Cl2O. The molecule has 0 unspecified atom stereocenters. The van der Waals surface area contributed by atoms with E-state index in [0.717, 1.165) is 18.6 Å². The lowest BCUT2D eigenvalue weighted by molar-refractivity contribution is 0.498. The summed E-state index contributed by atoms with van der Waals surface area (Å²) in [5.74, 6) is 0.887. The molecular weight excluding hydrogens is 195 g/mol. The van der Waals surface area contributed by atoms with Crippen LogP contribution in [0, 0.1) is 0 Å². The smallest absolute Gasteiger partial charge is 0.212 e. The summed E-state index contributed by atoms with van der Waals surface area (Å²) in [7, 11) is 0. The average Bonchev–Trinajstić information content (AvgIpc) is 2.32. The van der Waals surface area contributed by atoms with Crippen LogP contribution in [0.3, 0.4) is 0 Å². The average molecular weight is 207 g/mol. The Kier molecular flexibility index (Phi) is 3.96. The van der Waals surface area contributed by atoms with Gasteiger partial charge in [0.1, 0.15) is 5.76 Å². The Morgan fingerprint density at radius 1 is 1.33 bits per heavy atom. The van der Waals surface area contributed by atoms with E-state index in [-0.39, 0.29) is 0 Å². The van der Waals surface area contributed by atoms with Crippen molar-refractivity contribution in [1.82, 2.24) is 0 Å². The van der Waals surface area contributed by atoms with Gasteiger partial charge in [-0.2, -0.15) is 0 Å². The number of hydrogen-bond acceptors (Lipinski definition) is 1. The van der Waals surface area contributed by atoms with E-state index in [2.05, 4.69) is 6.92 Å². The molecule has 1 heterocycles. The molecule has 0 N–H and O–H groups in total. The number of rotatable bonds is 4. The summed E-state index contributed by atoms with van der Waals surface area (Å²) in [6.07, 6.45) is 4.50. The van der Waals surface area contributed by atoms with E-state index in [4.69, 9.17) is 27.6 Å². The van der Waals surface area contributed by atoms with Crippen molar-refractivity contribution >= 4 is 23.2 Å². The molecule has 0 atom stereocenters. The van der Waals surface area contributed by atoms with Gasteiger partial charge >= 0.3 is 0 Å². The number of halogens is 2. The van der Waals surface area contributed by atoms with Gasteiger partial charge in [-0.15, -0.1) is 0 Å². The minimum absolute atomic E-state index is 0.308. The minimum atomic E-state index is 0.308. The molecule has 1 aromatic rings. The van der Waals surface area contributed by atoms with Crippen LogP contribution in [-0.2, 0) is 6.42 Å². The maximum Gasteiger partial charge on any atom is 0.212 e.